The second kappa shape index (κ2) is 5.80. The number of para-hydroxylation sites is 1. The van der Waals surface area contributed by atoms with E-state index in [9.17, 15) is 4.39 Å². The van der Waals surface area contributed by atoms with E-state index in [0.717, 1.165) is 47.3 Å². The van der Waals surface area contributed by atoms with Gasteiger partial charge in [-0.1, -0.05) is 32.4 Å². The van der Waals surface area contributed by atoms with Gasteiger partial charge in [0.15, 0.2) is 5.70 Å². The highest BCUT2D eigenvalue weighted by Crippen LogP contribution is 2.47. The minimum atomic E-state index is -0.228. The molecule has 1 aliphatic heterocycles. The summed E-state index contributed by atoms with van der Waals surface area (Å²) in [6.07, 6.45) is 2.91. The van der Waals surface area contributed by atoms with Crippen molar-refractivity contribution < 1.29 is 8.96 Å². The summed E-state index contributed by atoms with van der Waals surface area (Å²) in [5.74, 6) is -0.172. The van der Waals surface area contributed by atoms with E-state index in [1.165, 1.54) is 5.39 Å². The number of benzene rings is 2. The Morgan fingerprint density at radius 2 is 1.84 bits per heavy atom. The van der Waals surface area contributed by atoms with Crippen LogP contribution in [0, 0.1) is 5.82 Å². The van der Waals surface area contributed by atoms with Gasteiger partial charge in [0.05, 0.1) is 11.0 Å². The van der Waals surface area contributed by atoms with E-state index >= 15 is 0 Å². The van der Waals surface area contributed by atoms with E-state index in [1.54, 1.807) is 12.1 Å². The standard InChI is InChI=1S/C23H23FN/c1-4-14-23(5-2)16(3)25-21-9-7-6-8-17(21)10-13-22(25)19-12-11-18(24)15-20(19)23/h6-13,15H,3-5,14H2,1-2H3/q+1. The van der Waals surface area contributed by atoms with E-state index < -0.39 is 0 Å². The number of fused-ring (bicyclic) bond motifs is 5. The second-order valence-electron chi connectivity index (χ2n) is 6.94. The first-order valence-corrected chi connectivity index (χ1v) is 9.06. The van der Waals surface area contributed by atoms with Crippen molar-refractivity contribution >= 4 is 16.6 Å². The number of allylic oxidation sites excluding steroid dienone is 1. The predicted molar refractivity (Wildman–Crippen MR) is 102 cm³/mol. The lowest BCUT2D eigenvalue weighted by Gasteiger charge is -2.36. The van der Waals surface area contributed by atoms with Crippen LogP contribution in [0.4, 0.5) is 4.39 Å². The van der Waals surface area contributed by atoms with Gasteiger partial charge in [-0.05, 0) is 55.3 Å². The van der Waals surface area contributed by atoms with Crippen LogP contribution in [0.2, 0.25) is 0 Å². The SMILES string of the molecule is C=C1[n+]2c(ccc3ccccc32)-c2ccc(F)cc2C1(CC)CCC. The Morgan fingerprint density at radius 1 is 1.04 bits per heavy atom. The Morgan fingerprint density at radius 3 is 2.60 bits per heavy atom. The molecule has 0 N–H and O–H groups in total. The van der Waals surface area contributed by atoms with Gasteiger partial charge in [0.1, 0.15) is 5.82 Å². The van der Waals surface area contributed by atoms with Crippen LogP contribution >= 0.6 is 0 Å². The molecule has 2 heteroatoms. The van der Waals surface area contributed by atoms with Crippen LogP contribution in [0.3, 0.4) is 0 Å². The first kappa shape index (κ1) is 16.0. The van der Waals surface area contributed by atoms with Gasteiger partial charge in [-0.2, -0.15) is 4.57 Å². The number of aromatic nitrogens is 1. The molecule has 0 bridgehead atoms. The fourth-order valence-electron chi connectivity index (χ4n) is 4.49. The van der Waals surface area contributed by atoms with E-state index in [4.69, 9.17) is 0 Å². The molecule has 0 radical (unpaired) electrons. The van der Waals surface area contributed by atoms with E-state index in [2.05, 4.69) is 61.4 Å². The van der Waals surface area contributed by atoms with Crippen molar-refractivity contribution in [3.8, 4) is 11.3 Å². The summed E-state index contributed by atoms with van der Waals surface area (Å²) in [6, 6.07) is 17.9. The summed E-state index contributed by atoms with van der Waals surface area (Å²) < 4.78 is 16.4. The van der Waals surface area contributed by atoms with Gasteiger partial charge in [-0.25, -0.2) is 4.39 Å². The van der Waals surface area contributed by atoms with Crippen molar-refractivity contribution in [2.24, 2.45) is 0 Å². The maximum Gasteiger partial charge on any atom is 0.219 e. The van der Waals surface area contributed by atoms with Gasteiger partial charge in [0.25, 0.3) is 0 Å². The smallest absolute Gasteiger partial charge is 0.207 e. The van der Waals surface area contributed by atoms with E-state index in [1.807, 2.05) is 6.07 Å². The number of rotatable bonds is 3. The third-order valence-corrected chi connectivity index (χ3v) is 5.72. The maximum atomic E-state index is 14.1. The maximum absolute atomic E-state index is 14.1. The van der Waals surface area contributed by atoms with Crippen LogP contribution in [0.15, 0.2) is 61.2 Å². The molecule has 0 saturated carbocycles. The van der Waals surface area contributed by atoms with Crippen molar-refractivity contribution in [3.05, 3.63) is 72.6 Å². The fourth-order valence-corrected chi connectivity index (χ4v) is 4.49. The average Bonchev–Trinajstić information content (AvgIpc) is 2.64. The molecular formula is C23H23FN+. The molecule has 1 unspecified atom stereocenters. The molecule has 1 nitrogen and oxygen atoms in total. The molecular weight excluding hydrogens is 309 g/mol. The lowest BCUT2D eigenvalue weighted by molar-refractivity contribution is -0.549. The number of nitrogens with zero attached hydrogens (tertiary/aromatic N) is 1. The van der Waals surface area contributed by atoms with Gasteiger partial charge in [0.2, 0.25) is 11.2 Å². The van der Waals surface area contributed by atoms with Crippen LogP contribution in [-0.4, -0.2) is 0 Å². The summed E-state index contributed by atoms with van der Waals surface area (Å²) in [6.45, 7) is 8.89. The van der Waals surface area contributed by atoms with Crippen molar-refractivity contribution in [1.29, 1.82) is 0 Å². The molecule has 2 heterocycles. The molecule has 1 atom stereocenters. The van der Waals surface area contributed by atoms with Crippen molar-refractivity contribution in [2.45, 2.75) is 38.5 Å². The van der Waals surface area contributed by atoms with Crippen LogP contribution in [0.25, 0.3) is 27.9 Å². The first-order chi connectivity index (χ1) is 12.1. The van der Waals surface area contributed by atoms with Gasteiger partial charge in [-0.3, -0.25) is 0 Å². The zero-order chi connectivity index (χ0) is 17.6. The summed E-state index contributed by atoms with van der Waals surface area (Å²) in [7, 11) is 0. The van der Waals surface area contributed by atoms with Gasteiger partial charge in [0, 0.05) is 17.5 Å². The van der Waals surface area contributed by atoms with Crippen LogP contribution < -0.4 is 4.57 Å². The highest BCUT2D eigenvalue weighted by molar-refractivity contribution is 5.82. The summed E-state index contributed by atoms with van der Waals surface area (Å²) >= 11 is 0. The van der Waals surface area contributed by atoms with Gasteiger partial charge >= 0.3 is 0 Å². The molecule has 126 valence electrons. The van der Waals surface area contributed by atoms with Crippen molar-refractivity contribution in [1.82, 2.24) is 0 Å². The molecule has 4 rings (SSSR count). The number of hydrogen-bond donors (Lipinski definition) is 0. The van der Waals surface area contributed by atoms with Crippen molar-refractivity contribution in [2.75, 3.05) is 0 Å². The Bertz CT molecular complexity index is 989. The minimum absolute atomic E-state index is 0.172. The quantitative estimate of drug-likeness (QED) is 0.528. The third kappa shape index (κ3) is 2.17. The molecule has 0 aliphatic carbocycles. The lowest BCUT2D eigenvalue weighted by atomic mass is 9.68. The molecule has 0 saturated heterocycles. The molecule has 1 aromatic heterocycles. The fraction of sp³-hybridized carbons (Fsp3) is 0.261. The number of hydrogen-bond acceptors (Lipinski definition) is 0. The third-order valence-electron chi connectivity index (χ3n) is 5.72. The van der Waals surface area contributed by atoms with E-state index in [-0.39, 0.29) is 11.2 Å². The zero-order valence-electron chi connectivity index (χ0n) is 14.8. The first-order valence-electron chi connectivity index (χ1n) is 9.06. The average molecular weight is 332 g/mol. The monoisotopic (exact) mass is 332 g/mol. The number of halogens is 1. The van der Waals surface area contributed by atoms with Crippen LogP contribution in [-0.2, 0) is 5.41 Å². The molecule has 3 aromatic rings. The minimum Gasteiger partial charge on any atom is -0.207 e. The normalized spacial score (nSPS) is 18.9. The molecule has 1 aliphatic rings. The predicted octanol–water partition coefficient (Wildman–Crippen LogP) is 5.87. The Labute approximate surface area is 148 Å². The van der Waals surface area contributed by atoms with Crippen LogP contribution in [0.5, 0.6) is 0 Å². The highest BCUT2D eigenvalue weighted by atomic mass is 19.1. The zero-order valence-corrected chi connectivity index (χ0v) is 14.8. The highest BCUT2D eigenvalue weighted by Gasteiger charge is 2.47. The lowest BCUT2D eigenvalue weighted by Crippen LogP contribution is -2.49. The molecule has 0 fully saturated rings. The summed E-state index contributed by atoms with van der Waals surface area (Å²) in [4.78, 5) is 0. The van der Waals surface area contributed by atoms with Gasteiger partial charge < -0.3 is 0 Å². The van der Waals surface area contributed by atoms with E-state index in [0.29, 0.717) is 0 Å². The molecule has 0 spiro atoms. The summed E-state index contributed by atoms with van der Waals surface area (Å²) in [5.41, 5.74) is 5.29. The topological polar surface area (TPSA) is 3.88 Å². The molecule has 2 aromatic carbocycles. The van der Waals surface area contributed by atoms with Crippen molar-refractivity contribution in [3.63, 3.8) is 0 Å². The van der Waals surface area contributed by atoms with Gasteiger partial charge in [-0.15, -0.1) is 0 Å². The largest absolute Gasteiger partial charge is 0.219 e. The summed E-state index contributed by atoms with van der Waals surface area (Å²) in [5, 5.41) is 1.19. The Hall–Kier alpha value is -2.48. The number of pyridine rings is 1. The Kier molecular flexibility index (Phi) is 3.72. The Balaban J connectivity index is 2.14. The molecule has 0 amide bonds. The molecule has 25 heavy (non-hydrogen) atoms. The second-order valence-corrected chi connectivity index (χ2v) is 6.94. The van der Waals surface area contributed by atoms with Crippen LogP contribution in [0.1, 0.15) is 38.7 Å².